The fraction of sp³-hybridized carbons (Fsp3) is 0.348. The van der Waals surface area contributed by atoms with Crippen LogP contribution in [0.3, 0.4) is 0 Å². The smallest absolute Gasteiger partial charge is 0.166 e. The quantitative estimate of drug-likeness (QED) is 0.108. The Kier molecular flexibility index (Phi) is 13.6. The maximum Gasteiger partial charge on any atom is 0.416 e. The largest absolute Gasteiger partial charge is 0.416 e. The summed E-state index contributed by atoms with van der Waals surface area (Å²) < 4.78 is 127. The lowest BCUT2D eigenvalue weighted by Gasteiger charge is -2.36. The SMILES string of the molecule is C1CCCC1.Cc1cc(P(c2cc(C(F)(F)F)cc(C(F)(F)F)c2)[C@H](C)C2CCCC2c2ccccc2P(c2ccccc2)c2ccccc2)cc(C(F)(F)F)c1. The van der Waals surface area contributed by atoms with Gasteiger partial charge in [0.1, 0.15) is 0 Å². The third-order valence-corrected chi connectivity index (χ3v) is 16.3. The Balaban J connectivity index is 0.00000102. The number of benzene rings is 5. The zero-order chi connectivity index (χ0) is 41.0. The van der Waals surface area contributed by atoms with Crippen LogP contribution in [0.5, 0.6) is 0 Å². The van der Waals surface area contributed by atoms with Gasteiger partial charge in [-0.05, 0) is 121 Å². The van der Waals surface area contributed by atoms with E-state index in [1.807, 2.05) is 48.5 Å². The molecular formula is C46H45F9P2. The standard InChI is InChI=1S/C41H35F9P2.C5H10/c1-26-20-28(39(42,43)44)23-33(21-26)51(34-24-29(40(45,46)47)22-30(25-34)41(48,49)50)27(2)35-17-11-18-36(35)37-16-9-10-19-38(37)52(31-12-5-3-6-13-31)32-14-7-4-8-15-32;1-2-4-5-3-1/h3-10,12-16,19-25,27,35-36H,11,17-18H2,1-2H3;1-5H2/t27-,35?,36?,51?;/m1./s1. The van der Waals surface area contributed by atoms with Gasteiger partial charge in [-0.15, -0.1) is 0 Å². The molecule has 2 aliphatic rings. The van der Waals surface area contributed by atoms with Gasteiger partial charge in [-0.1, -0.05) is 136 Å². The molecule has 2 saturated carbocycles. The summed E-state index contributed by atoms with van der Waals surface area (Å²) in [6.45, 7) is 3.24. The third kappa shape index (κ3) is 10.5. The lowest BCUT2D eigenvalue weighted by atomic mass is 9.87. The molecule has 0 nitrogen and oxygen atoms in total. The van der Waals surface area contributed by atoms with E-state index in [4.69, 9.17) is 0 Å². The Morgan fingerprint density at radius 1 is 0.491 bits per heavy atom. The van der Waals surface area contributed by atoms with Gasteiger partial charge in [0.05, 0.1) is 16.7 Å². The Morgan fingerprint density at radius 2 is 0.930 bits per heavy atom. The van der Waals surface area contributed by atoms with Crippen LogP contribution in [0, 0.1) is 12.8 Å². The first-order valence-corrected chi connectivity index (χ1v) is 22.0. The van der Waals surface area contributed by atoms with Crippen molar-refractivity contribution in [2.24, 2.45) is 5.92 Å². The second-order valence-electron chi connectivity index (χ2n) is 15.0. The zero-order valence-corrected chi connectivity index (χ0v) is 33.5. The molecule has 7 rings (SSSR count). The number of alkyl halides is 9. The van der Waals surface area contributed by atoms with Crippen LogP contribution in [0.15, 0.2) is 121 Å². The molecule has 0 aliphatic heterocycles. The van der Waals surface area contributed by atoms with E-state index >= 15 is 0 Å². The highest BCUT2D eigenvalue weighted by Crippen LogP contribution is 2.54. The van der Waals surface area contributed by atoms with Crippen LogP contribution < -0.4 is 26.5 Å². The second-order valence-corrected chi connectivity index (χ2v) is 19.7. The summed E-state index contributed by atoms with van der Waals surface area (Å²) in [5.74, 6) is -0.372. The molecule has 0 N–H and O–H groups in total. The molecule has 0 radical (unpaired) electrons. The van der Waals surface area contributed by atoms with E-state index in [1.54, 1.807) is 6.92 Å². The number of hydrogen-bond acceptors (Lipinski definition) is 0. The fourth-order valence-electron chi connectivity index (χ4n) is 8.38. The third-order valence-electron chi connectivity index (χ3n) is 11.0. The molecule has 5 aromatic rings. The number of hydrogen-bond donors (Lipinski definition) is 0. The molecule has 5 aromatic carbocycles. The summed E-state index contributed by atoms with van der Waals surface area (Å²) in [5, 5.41) is 3.17. The Morgan fingerprint density at radius 3 is 1.42 bits per heavy atom. The van der Waals surface area contributed by atoms with Crippen molar-refractivity contribution in [1.82, 2.24) is 0 Å². The van der Waals surface area contributed by atoms with E-state index < -0.39 is 56.7 Å². The Bertz CT molecular complexity index is 1990. The normalized spacial score (nSPS) is 18.6. The van der Waals surface area contributed by atoms with Crippen molar-refractivity contribution in [3.63, 3.8) is 0 Å². The van der Waals surface area contributed by atoms with Gasteiger partial charge < -0.3 is 0 Å². The fourth-order valence-corrected chi connectivity index (χ4v) is 14.1. The highest BCUT2D eigenvalue weighted by atomic mass is 31.1. The van der Waals surface area contributed by atoms with Gasteiger partial charge in [-0.3, -0.25) is 0 Å². The molecule has 0 spiro atoms. The molecule has 2 aliphatic carbocycles. The predicted octanol–water partition coefficient (Wildman–Crippen LogP) is 13.2. The maximum absolute atomic E-state index is 14.2. The van der Waals surface area contributed by atoms with Gasteiger partial charge in [0.15, 0.2) is 0 Å². The van der Waals surface area contributed by atoms with Crippen LogP contribution >= 0.6 is 15.8 Å². The molecular weight excluding hydrogens is 785 g/mol. The summed E-state index contributed by atoms with van der Waals surface area (Å²) in [5.41, 5.74) is -3.27. The summed E-state index contributed by atoms with van der Waals surface area (Å²) in [6.07, 6.45) is -5.38. The van der Waals surface area contributed by atoms with Crippen molar-refractivity contribution in [3.8, 4) is 0 Å². The lowest BCUT2D eigenvalue weighted by Crippen LogP contribution is -2.31. The van der Waals surface area contributed by atoms with E-state index in [0.717, 1.165) is 46.5 Å². The van der Waals surface area contributed by atoms with Crippen molar-refractivity contribution < 1.29 is 39.5 Å². The number of halogens is 9. The second kappa shape index (κ2) is 18.1. The van der Waals surface area contributed by atoms with Crippen LogP contribution in [0.4, 0.5) is 39.5 Å². The van der Waals surface area contributed by atoms with Gasteiger partial charge in [-0.25, -0.2) is 0 Å². The maximum atomic E-state index is 14.2. The van der Waals surface area contributed by atoms with Gasteiger partial charge >= 0.3 is 18.5 Å². The zero-order valence-electron chi connectivity index (χ0n) is 31.7. The molecule has 57 heavy (non-hydrogen) atoms. The van der Waals surface area contributed by atoms with Crippen LogP contribution in [-0.2, 0) is 18.5 Å². The minimum Gasteiger partial charge on any atom is -0.166 e. The summed E-state index contributed by atoms with van der Waals surface area (Å²) in [7, 11) is -3.20. The lowest BCUT2D eigenvalue weighted by molar-refractivity contribution is -0.143. The average Bonchev–Trinajstić information content (AvgIpc) is 3.92. The van der Waals surface area contributed by atoms with Crippen LogP contribution in [0.1, 0.15) is 92.0 Å². The molecule has 0 aromatic heterocycles. The molecule has 0 heterocycles. The van der Waals surface area contributed by atoms with Crippen LogP contribution in [0.25, 0.3) is 0 Å². The topological polar surface area (TPSA) is 0 Å². The van der Waals surface area contributed by atoms with E-state index in [0.29, 0.717) is 18.6 Å². The van der Waals surface area contributed by atoms with Crippen molar-refractivity contribution in [3.05, 3.63) is 149 Å². The molecule has 0 bridgehead atoms. The van der Waals surface area contributed by atoms with Gasteiger partial charge in [0.2, 0.25) is 0 Å². The van der Waals surface area contributed by atoms with Crippen LogP contribution in [0.2, 0.25) is 0 Å². The van der Waals surface area contributed by atoms with Gasteiger partial charge in [0.25, 0.3) is 0 Å². The van der Waals surface area contributed by atoms with Crippen LogP contribution in [-0.4, -0.2) is 5.66 Å². The summed E-state index contributed by atoms with van der Waals surface area (Å²) >= 11 is 0. The molecule has 2 fully saturated rings. The highest BCUT2D eigenvalue weighted by molar-refractivity contribution is 7.80. The van der Waals surface area contributed by atoms with Gasteiger partial charge in [-0.2, -0.15) is 39.5 Å². The predicted molar refractivity (Wildman–Crippen MR) is 217 cm³/mol. The number of aryl methyl sites for hydroxylation is 1. The van der Waals surface area contributed by atoms with E-state index in [1.165, 1.54) is 45.1 Å². The molecule has 11 heteroatoms. The molecule has 0 amide bonds. The van der Waals surface area contributed by atoms with E-state index in [2.05, 4.69) is 36.4 Å². The first kappa shape index (κ1) is 42.9. The van der Waals surface area contributed by atoms with Crippen molar-refractivity contribution in [2.75, 3.05) is 0 Å². The minimum absolute atomic E-state index is 0.0726. The molecule has 4 atom stereocenters. The Labute approximate surface area is 331 Å². The van der Waals surface area contributed by atoms with Crippen molar-refractivity contribution >= 4 is 42.4 Å². The van der Waals surface area contributed by atoms with Gasteiger partial charge in [0, 0.05) is 0 Å². The first-order valence-electron chi connectivity index (χ1n) is 19.3. The van der Waals surface area contributed by atoms with Crippen molar-refractivity contribution in [2.45, 2.75) is 95.3 Å². The van der Waals surface area contributed by atoms with E-state index in [9.17, 15) is 39.5 Å². The summed E-state index contributed by atoms with van der Waals surface area (Å²) in [6, 6.07) is 32.9. The van der Waals surface area contributed by atoms with E-state index in [-0.39, 0.29) is 34.1 Å². The molecule has 302 valence electrons. The molecule has 3 unspecified atom stereocenters. The minimum atomic E-state index is -5.11. The first-order chi connectivity index (χ1) is 27.0. The highest BCUT2D eigenvalue weighted by Gasteiger charge is 2.42. The monoisotopic (exact) mass is 830 g/mol. The van der Waals surface area contributed by atoms with Crippen molar-refractivity contribution in [1.29, 1.82) is 0 Å². The Hall–Kier alpha value is -3.67. The molecule has 0 saturated heterocycles. The average molecular weight is 831 g/mol. The number of rotatable bonds is 8. The summed E-state index contributed by atoms with van der Waals surface area (Å²) in [4.78, 5) is 0.